The molecule has 0 aromatic heterocycles. The SMILES string of the molecule is CCN1CCCC(Nc2cccc(F)c2)(C(=O)OC)CC1. The summed E-state index contributed by atoms with van der Waals surface area (Å²) in [6.07, 6.45) is 2.25. The maximum absolute atomic E-state index is 13.4. The van der Waals surface area contributed by atoms with Crippen LogP contribution in [0.4, 0.5) is 10.1 Å². The van der Waals surface area contributed by atoms with Crippen LogP contribution in [0.25, 0.3) is 0 Å². The van der Waals surface area contributed by atoms with Gasteiger partial charge < -0.3 is 15.0 Å². The Morgan fingerprint density at radius 2 is 2.24 bits per heavy atom. The van der Waals surface area contributed by atoms with Crippen LogP contribution in [0, 0.1) is 5.82 Å². The van der Waals surface area contributed by atoms with Gasteiger partial charge in [0.2, 0.25) is 0 Å². The summed E-state index contributed by atoms with van der Waals surface area (Å²) in [7, 11) is 1.40. The Morgan fingerprint density at radius 1 is 1.43 bits per heavy atom. The predicted molar refractivity (Wildman–Crippen MR) is 80.7 cm³/mol. The quantitative estimate of drug-likeness (QED) is 0.867. The Bertz CT molecular complexity index is 495. The molecule has 5 heteroatoms. The number of benzene rings is 1. The van der Waals surface area contributed by atoms with Crippen LogP contribution < -0.4 is 5.32 Å². The zero-order chi connectivity index (χ0) is 15.3. The number of halogens is 1. The average Bonchev–Trinajstić information content (AvgIpc) is 2.69. The molecule has 1 N–H and O–H groups in total. The molecule has 21 heavy (non-hydrogen) atoms. The fourth-order valence-electron chi connectivity index (χ4n) is 2.92. The smallest absolute Gasteiger partial charge is 0.331 e. The van der Waals surface area contributed by atoms with E-state index < -0.39 is 5.54 Å². The summed E-state index contributed by atoms with van der Waals surface area (Å²) in [5.74, 6) is -0.589. The van der Waals surface area contributed by atoms with Crippen molar-refractivity contribution in [2.45, 2.75) is 31.7 Å². The summed E-state index contributed by atoms with van der Waals surface area (Å²) in [6, 6.07) is 6.21. The van der Waals surface area contributed by atoms with E-state index in [2.05, 4.69) is 17.1 Å². The van der Waals surface area contributed by atoms with Gasteiger partial charge in [0.25, 0.3) is 0 Å². The van der Waals surface area contributed by atoms with Crippen LogP contribution in [-0.2, 0) is 9.53 Å². The molecule has 0 bridgehead atoms. The second-order valence-electron chi connectivity index (χ2n) is 5.50. The second kappa shape index (κ2) is 6.89. The first-order valence-corrected chi connectivity index (χ1v) is 7.44. The molecule has 2 rings (SSSR count). The largest absolute Gasteiger partial charge is 0.467 e. The van der Waals surface area contributed by atoms with Gasteiger partial charge in [0, 0.05) is 12.2 Å². The molecular weight excluding hydrogens is 271 g/mol. The number of likely N-dealkylation sites (tertiary alicyclic amines) is 1. The number of nitrogens with one attached hydrogen (secondary N) is 1. The van der Waals surface area contributed by atoms with E-state index in [1.54, 1.807) is 12.1 Å². The molecule has 1 atom stereocenters. The molecule has 0 aliphatic carbocycles. The number of nitrogens with zero attached hydrogens (tertiary/aromatic N) is 1. The van der Waals surface area contributed by atoms with Crippen molar-refractivity contribution in [2.75, 3.05) is 32.1 Å². The van der Waals surface area contributed by atoms with Gasteiger partial charge in [-0.3, -0.25) is 0 Å². The minimum atomic E-state index is -0.771. The Morgan fingerprint density at radius 3 is 2.90 bits per heavy atom. The van der Waals surface area contributed by atoms with Gasteiger partial charge in [-0.1, -0.05) is 13.0 Å². The Balaban J connectivity index is 2.23. The van der Waals surface area contributed by atoms with Gasteiger partial charge in [-0.15, -0.1) is 0 Å². The Hall–Kier alpha value is -1.62. The first kappa shape index (κ1) is 15.8. The molecule has 4 nitrogen and oxygen atoms in total. The first-order valence-electron chi connectivity index (χ1n) is 7.44. The molecule has 1 unspecified atom stereocenters. The monoisotopic (exact) mass is 294 g/mol. The highest BCUT2D eigenvalue weighted by atomic mass is 19.1. The highest BCUT2D eigenvalue weighted by Crippen LogP contribution is 2.28. The van der Waals surface area contributed by atoms with Crippen molar-refractivity contribution in [3.63, 3.8) is 0 Å². The van der Waals surface area contributed by atoms with Crippen molar-refractivity contribution in [1.82, 2.24) is 4.90 Å². The lowest BCUT2D eigenvalue weighted by Gasteiger charge is -2.32. The van der Waals surface area contributed by atoms with Crippen LogP contribution in [0.3, 0.4) is 0 Å². The molecule has 0 amide bonds. The first-order chi connectivity index (χ1) is 10.1. The third kappa shape index (κ3) is 3.73. The van der Waals surface area contributed by atoms with E-state index in [4.69, 9.17) is 4.74 Å². The lowest BCUT2D eigenvalue weighted by Crippen LogP contribution is -2.48. The number of methoxy groups -OCH3 is 1. The molecule has 1 heterocycles. The van der Waals surface area contributed by atoms with E-state index in [0.717, 1.165) is 26.1 Å². The molecule has 1 aromatic carbocycles. The number of anilines is 1. The summed E-state index contributed by atoms with van der Waals surface area (Å²) in [4.78, 5) is 14.6. The number of ether oxygens (including phenoxy) is 1. The molecule has 1 aromatic rings. The fourth-order valence-corrected chi connectivity index (χ4v) is 2.92. The molecule has 0 saturated carbocycles. The van der Waals surface area contributed by atoms with Gasteiger partial charge in [0.05, 0.1) is 7.11 Å². The predicted octanol–water partition coefficient (Wildman–Crippen LogP) is 2.66. The molecule has 0 spiro atoms. The van der Waals surface area contributed by atoms with Crippen molar-refractivity contribution in [2.24, 2.45) is 0 Å². The van der Waals surface area contributed by atoms with Crippen LogP contribution in [-0.4, -0.2) is 43.2 Å². The average molecular weight is 294 g/mol. The number of carbonyl (C=O) groups is 1. The van der Waals surface area contributed by atoms with Crippen molar-refractivity contribution >= 4 is 11.7 Å². The Labute approximate surface area is 125 Å². The van der Waals surface area contributed by atoms with E-state index in [-0.39, 0.29) is 11.8 Å². The summed E-state index contributed by atoms with van der Waals surface area (Å²) >= 11 is 0. The van der Waals surface area contributed by atoms with Crippen LogP contribution in [0.2, 0.25) is 0 Å². The Kier molecular flexibility index (Phi) is 5.17. The highest BCUT2D eigenvalue weighted by Gasteiger charge is 2.40. The van der Waals surface area contributed by atoms with Gasteiger partial charge in [-0.25, -0.2) is 9.18 Å². The van der Waals surface area contributed by atoms with Crippen LogP contribution in [0.5, 0.6) is 0 Å². The minimum absolute atomic E-state index is 0.273. The molecule has 1 fully saturated rings. The zero-order valence-electron chi connectivity index (χ0n) is 12.7. The van der Waals surface area contributed by atoms with Crippen LogP contribution in [0.1, 0.15) is 26.2 Å². The third-order valence-corrected chi connectivity index (χ3v) is 4.16. The molecule has 1 aliphatic rings. The molecule has 0 radical (unpaired) electrons. The molecule has 1 aliphatic heterocycles. The van der Waals surface area contributed by atoms with Gasteiger partial charge in [-0.05, 0) is 50.6 Å². The minimum Gasteiger partial charge on any atom is -0.467 e. The van der Waals surface area contributed by atoms with Gasteiger partial charge in [0.15, 0.2) is 0 Å². The summed E-state index contributed by atoms with van der Waals surface area (Å²) in [5, 5.41) is 3.23. The van der Waals surface area contributed by atoms with Gasteiger partial charge in [0.1, 0.15) is 11.4 Å². The second-order valence-corrected chi connectivity index (χ2v) is 5.50. The van der Waals surface area contributed by atoms with E-state index >= 15 is 0 Å². The third-order valence-electron chi connectivity index (χ3n) is 4.16. The number of esters is 1. The normalized spacial score (nSPS) is 23.4. The number of hydrogen-bond donors (Lipinski definition) is 1. The van der Waals surface area contributed by atoms with Gasteiger partial charge >= 0.3 is 5.97 Å². The van der Waals surface area contributed by atoms with Crippen molar-refractivity contribution < 1.29 is 13.9 Å². The molecule has 116 valence electrons. The molecule has 1 saturated heterocycles. The summed E-state index contributed by atoms with van der Waals surface area (Å²) < 4.78 is 18.4. The van der Waals surface area contributed by atoms with E-state index in [0.29, 0.717) is 18.5 Å². The maximum atomic E-state index is 13.4. The van der Waals surface area contributed by atoms with Crippen molar-refractivity contribution in [3.8, 4) is 0 Å². The number of hydrogen-bond acceptors (Lipinski definition) is 4. The van der Waals surface area contributed by atoms with Crippen molar-refractivity contribution in [3.05, 3.63) is 30.1 Å². The zero-order valence-corrected chi connectivity index (χ0v) is 12.7. The van der Waals surface area contributed by atoms with Crippen LogP contribution >= 0.6 is 0 Å². The highest BCUT2D eigenvalue weighted by molar-refractivity contribution is 5.84. The van der Waals surface area contributed by atoms with E-state index in [1.807, 2.05) is 0 Å². The number of rotatable bonds is 4. The lowest BCUT2D eigenvalue weighted by atomic mass is 9.90. The van der Waals surface area contributed by atoms with Crippen LogP contribution in [0.15, 0.2) is 24.3 Å². The summed E-state index contributed by atoms with van der Waals surface area (Å²) in [6.45, 7) is 4.89. The van der Waals surface area contributed by atoms with Crippen molar-refractivity contribution in [1.29, 1.82) is 0 Å². The summed E-state index contributed by atoms with van der Waals surface area (Å²) in [5.41, 5.74) is -0.155. The van der Waals surface area contributed by atoms with Gasteiger partial charge in [-0.2, -0.15) is 0 Å². The lowest BCUT2D eigenvalue weighted by molar-refractivity contribution is -0.146. The van der Waals surface area contributed by atoms with E-state index in [9.17, 15) is 9.18 Å². The molecular formula is C16H23FN2O2. The van der Waals surface area contributed by atoms with E-state index in [1.165, 1.54) is 19.2 Å². The topological polar surface area (TPSA) is 41.6 Å². The maximum Gasteiger partial charge on any atom is 0.331 e. The fraction of sp³-hybridized carbons (Fsp3) is 0.562. The standard InChI is InChI=1S/C16H23FN2O2/c1-3-19-10-5-8-16(9-11-19,15(20)21-2)18-14-7-4-6-13(17)12-14/h4,6-7,12,18H,3,5,8-11H2,1-2H3. The number of carbonyl (C=O) groups excluding carboxylic acids is 1.